The summed E-state index contributed by atoms with van der Waals surface area (Å²) < 4.78 is 5.72. The lowest BCUT2D eigenvalue weighted by molar-refractivity contribution is 0.152. The van der Waals surface area contributed by atoms with E-state index in [9.17, 15) is 5.11 Å². The molecule has 2 aromatic heterocycles. The van der Waals surface area contributed by atoms with Crippen molar-refractivity contribution in [1.29, 1.82) is 0 Å². The van der Waals surface area contributed by atoms with Crippen LogP contribution < -0.4 is 0 Å². The third-order valence-corrected chi connectivity index (χ3v) is 4.78. The van der Waals surface area contributed by atoms with Crippen molar-refractivity contribution >= 4 is 10.9 Å². The second kappa shape index (κ2) is 5.87. The van der Waals surface area contributed by atoms with Crippen molar-refractivity contribution in [2.75, 3.05) is 13.2 Å². The van der Waals surface area contributed by atoms with Crippen LogP contribution in [0.2, 0.25) is 0 Å². The van der Waals surface area contributed by atoms with Gasteiger partial charge < -0.3 is 14.5 Å². The van der Waals surface area contributed by atoms with Gasteiger partial charge in [-0.3, -0.25) is 4.90 Å². The number of fused-ring (bicyclic) bond motifs is 1. The summed E-state index contributed by atoms with van der Waals surface area (Å²) in [4.78, 5) is 5.86. The number of nitrogens with one attached hydrogen (secondary N) is 1. The maximum absolute atomic E-state index is 9.46. The van der Waals surface area contributed by atoms with Gasteiger partial charge in [-0.1, -0.05) is 0 Å². The summed E-state index contributed by atoms with van der Waals surface area (Å²) in [5.74, 6) is 1.84. The summed E-state index contributed by atoms with van der Waals surface area (Å²) in [6.07, 6.45) is 2.27. The van der Waals surface area contributed by atoms with E-state index in [4.69, 9.17) is 4.42 Å². The smallest absolute Gasteiger partial charge is 0.134 e. The molecule has 0 bridgehead atoms. The number of hydrogen-bond donors (Lipinski definition) is 2. The Bertz CT molecular complexity index is 818. The zero-order chi connectivity index (χ0) is 15.8. The van der Waals surface area contributed by atoms with E-state index < -0.39 is 0 Å². The number of H-pyrrole nitrogens is 1. The molecule has 0 spiro atoms. The quantitative estimate of drug-likeness (QED) is 0.772. The molecule has 0 aliphatic carbocycles. The Balaban J connectivity index is 1.60. The van der Waals surface area contributed by atoms with E-state index >= 15 is 0 Å². The monoisotopic (exact) mass is 310 g/mol. The number of aryl methyl sites for hydroxylation is 1. The van der Waals surface area contributed by atoms with E-state index in [0.29, 0.717) is 6.04 Å². The fraction of sp³-hybridized carbons (Fsp3) is 0.368. The number of aliphatic hydroxyl groups excluding tert-OH is 1. The molecule has 0 saturated carbocycles. The number of benzene rings is 1. The van der Waals surface area contributed by atoms with Crippen LogP contribution >= 0.6 is 0 Å². The fourth-order valence-corrected chi connectivity index (χ4v) is 3.55. The van der Waals surface area contributed by atoms with E-state index in [0.717, 1.165) is 42.1 Å². The van der Waals surface area contributed by atoms with Crippen LogP contribution in [0.3, 0.4) is 0 Å². The van der Waals surface area contributed by atoms with Gasteiger partial charge in [0.05, 0.1) is 6.61 Å². The van der Waals surface area contributed by atoms with E-state index in [1.54, 1.807) is 0 Å². The predicted molar refractivity (Wildman–Crippen MR) is 91.3 cm³/mol. The first-order valence-corrected chi connectivity index (χ1v) is 8.26. The van der Waals surface area contributed by atoms with Crippen LogP contribution in [0.15, 0.2) is 40.8 Å². The third-order valence-electron chi connectivity index (χ3n) is 4.78. The van der Waals surface area contributed by atoms with Crippen LogP contribution in [-0.2, 0) is 6.54 Å². The minimum absolute atomic E-state index is 0.252. The number of furan rings is 1. The Kier molecular flexibility index (Phi) is 3.71. The summed E-state index contributed by atoms with van der Waals surface area (Å²) in [6, 6.07) is 12.9. The first-order chi connectivity index (χ1) is 11.2. The third kappa shape index (κ3) is 2.80. The van der Waals surface area contributed by atoms with Crippen molar-refractivity contribution < 1.29 is 9.52 Å². The van der Waals surface area contributed by atoms with E-state index in [-0.39, 0.29) is 6.61 Å². The van der Waals surface area contributed by atoms with Gasteiger partial charge in [-0.05, 0) is 62.7 Å². The minimum atomic E-state index is 0.252. The van der Waals surface area contributed by atoms with Gasteiger partial charge in [0.2, 0.25) is 0 Å². The van der Waals surface area contributed by atoms with Crippen LogP contribution in [-0.4, -0.2) is 34.2 Å². The number of hydrogen-bond acceptors (Lipinski definition) is 3. The minimum Gasteiger partial charge on any atom is -0.461 e. The Hall–Kier alpha value is -2.04. The number of aliphatic hydroxyl groups is 1. The summed E-state index contributed by atoms with van der Waals surface area (Å²) in [5.41, 5.74) is 3.45. The van der Waals surface area contributed by atoms with Crippen LogP contribution in [0, 0.1) is 6.92 Å². The average Bonchev–Trinajstić information content (AvgIpc) is 3.25. The van der Waals surface area contributed by atoms with Crippen molar-refractivity contribution in [3.05, 3.63) is 47.9 Å². The lowest BCUT2D eigenvalue weighted by atomic mass is 10.1. The number of nitrogens with zero attached hydrogens (tertiary/aromatic N) is 1. The molecule has 4 nitrogen and oxygen atoms in total. The van der Waals surface area contributed by atoms with Crippen LogP contribution in [0.4, 0.5) is 0 Å². The topological polar surface area (TPSA) is 52.4 Å². The Labute approximate surface area is 135 Å². The maximum Gasteiger partial charge on any atom is 0.134 e. The molecule has 1 atom stereocenters. The number of aromatic nitrogens is 1. The number of aromatic amines is 1. The molecule has 0 amide bonds. The molecular formula is C19H22N2O2. The molecule has 4 rings (SSSR count). The fourth-order valence-electron chi connectivity index (χ4n) is 3.55. The summed E-state index contributed by atoms with van der Waals surface area (Å²) >= 11 is 0. The number of likely N-dealkylation sites (tertiary alicyclic amines) is 1. The predicted octanol–water partition coefficient (Wildman–Crippen LogP) is 3.69. The summed E-state index contributed by atoms with van der Waals surface area (Å²) in [7, 11) is 0. The van der Waals surface area contributed by atoms with Gasteiger partial charge in [-0.2, -0.15) is 0 Å². The lowest BCUT2D eigenvalue weighted by Crippen LogP contribution is -2.31. The molecule has 2 N–H and O–H groups in total. The van der Waals surface area contributed by atoms with Gasteiger partial charge in [-0.25, -0.2) is 0 Å². The maximum atomic E-state index is 9.46. The molecule has 4 heteroatoms. The van der Waals surface area contributed by atoms with Crippen LogP contribution in [0.1, 0.15) is 24.3 Å². The van der Waals surface area contributed by atoms with Gasteiger partial charge in [0, 0.05) is 34.7 Å². The molecule has 23 heavy (non-hydrogen) atoms. The molecule has 0 radical (unpaired) electrons. The van der Waals surface area contributed by atoms with Gasteiger partial charge in [0.1, 0.15) is 11.5 Å². The van der Waals surface area contributed by atoms with E-state index in [1.165, 1.54) is 17.5 Å². The number of rotatable bonds is 4. The van der Waals surface area contributed by atoms with Crippen LogP contribution in [0.5, 0.6) is 0 Å². The highest BCUT2D eigenvalue weighted by Crippen LogP contribution is 2.27. The standard InChI is InChI=1S/C19H22N2O2/c1-13-4-7-19(23-13)14-5-6-18-15(9-14)10-16(20-18)11-21-8-2-3-17(21)12-22/h4-7,9-10,17,20,22H,2-3,8,11-12H2,1H3. The molecule has 3 heterocycles. The van der Waals surface area contributed by atoms with Gasteiger partial charge >= 0.3 is 0 Å². The van der Waals surface area contributed by atoms with Crippen molar-refractivity contribution in [3.63, 3.8) is 0 Å². The van der Waals surface area contributed by atoms with E-state index in [2.05, 4.69) is 34.1 Å². The molecule has 1 fully saturated rings. The Morgan fingerprint density at radius 1 is 1.26 bits per heavy atom. The van der Waals surface area contributed by atoms with Crippen molar-refractivity contribution in [1.82, 2.24) is 9.88 Å². The van der Waals surface area contributed by atoms with E-state index in [1.807, 2.05) is 19.1 Å². The molecule has 1 aliphatic heterocycles. The van der Waals surface area contributed by atoms with Gasteiger partial charge in [-0.15, -0.1) is 0 Å². The first-order valence-electron chi connectivity index (χ1n) is 8.26. The Morgan fingerprint density at radius 2 is 2.17 bits per heavy atom. The molecule has 1 aliphatic rings. The van der Waals surface area contributed by atoms with Crippen molar-refractivity contribution in [2.45, 2.75) is 32.4 Å². The highest BCUT2D eigenvalue weighted by atomic mass is 16.3. The molecule has 1 unspecified atom stereocenters. The summed E-state index contributed by atoms with van der Waals surface area (Å²) in [5, 5.41) is 10.7. The second-order valence-electron chi connectivity index (χ2n) is 6.46. The zero-order valence-corrected chi connectivity index (χ0v) is 13.4. The molecule has 3 aromatic rings. The normalized spacial score (nSPS) is 19.0. The Morgan fingerprint density at radius 3 is 2.96 bits per heavy atom. The second-order valence-corrected chi connectivity index (χ2v) is 6.46. The van der Waals surface area contributed by atoms with Crippen LogP contribution in [0.25, 0.3) is 22.2 Å². The lowest BCUT2D eigenvalue weighted by Gasteiger charge is -2.21. The summed E-state index contributed by atoms with van der Waals surface area (Å²) in [6.45, 7) is 4.15. The molecule has 1 aromatic carbocycles. The largest absolute Gasteiger partial charge is 0.461 e. The average molecular weight is 310 g/mol. The highest BCUT2D eigenvalue weighted by Gasteiger charge is 2.24. The highest BCUT2D eigenvalue weighted by molar-refractivity contribution is 5.85. The molecule has 1 saturated heterocycles. The zero-order valence-electron chi connectivity index (χ0n) is 13.4. The van der Waals surface area contributed by atoms with Gasteiger partial charge in [0.15, 0.2) is 0 Å². The van der Waals surface area contributed by atoms with Crippen molar-refractivity contribution in [2.24, 2.45) is 0 Å². The molecular weight excluding hydrogens is 288 g/mol. The molecule has 120 valence electrons. The van der Waals surface area contributed by atoms with Gasteiger partial charge in [0.25, 0.3) is 0 Å². The SMILES string of the molecule is Cc1ccc(-c2ccc3[nH]c(CN4CCCC4CO)cc3c2)o1. The van der Waals surface area contributed by atoms with Crippen molar-refractivity contribution in [3.8, 4) is 11.3 Å². The first kappa shape index (κ1) is 14.5.